The van der Waals surface area contributed by atoms with E-state index in [1.165, 1.54) is 0 Å². The molecule has 1 aliphatic heterocycles. The number of halogens is 1. The number of nitrogens with zero attached hydrogens (tertiary/aromatic N) is 1. The zero-order valence-electron chi connectivity index (χ0n) is 12.1. The highest BCUT2D eigenvalue weighted by atomic mass is 35.5. The minimum Gasteiger partial charge on any atom is -0.356 e. The summed E-state index contributed by atoms with van der Waals surface area (Å²) in [6, 6.07) is 0. The lowest BCUT2D eigenvalue weighted by Gasteiger charge is -2.34. The standard InChI is InChI=1S/C14H22ClN3O2/c1-10-11(13(15)20-18-10)3-4-12(19)17-9-14(2)5-7-16-8-6-14/h16H,3-9H2,1-2H3,(H,17,19). The van der Waals surface area contributed by atoms with E-state index in [0.717, 1.165) is 43.7 Å². The Balaban J connectivity index is 1.75. The summed E-state index contributed by atoms with van der Waals surface area (Å²) in [5.74, 6) is 0.0569. The lowest BCUT2D eigenvalue weighted by atomic mass is 9.81. The Bertz CT molecular complexity index is 447. The van der Waals surface area contributed by atoms with Crippen LogP contribution in [0.15, 0.2) is 4.52 Å². The number of rotatable bonds is 5. The Morgan fingerprint density at radius 2 is 2.20 bits per heavy atom. The third kappa shape index (κ3) is 3.96. The largest absolute Gasteiger partial charge is 0.356 e. The first-order chi connectivity index (χ1) is 9.50. The van der Waals surface area contributed by atoms with Crippen LogP contribution >= 0.6 is 11.6 Å². The minimum absolute atomic E-state index is 0.0569. The highest BCUT2D eigenvalue weighted by Crippen LogP contribution is 2.26. The van der Waals surface area contributed by atoms with Gasteiger partial charge in [-0.1, -0.05) is 12.1 Å². The van der Waals surface area contributed by atoms with E-state index in [-0.39, 0.29) is 11.3 Å². The molecule has 2 rings (SSSR count). The molecule has 0 unspecified atom stereocenters. The van der Waals surface area contributed by atoms with E-state index in [2.05, 4.69) is 22.7 Å². The van der Waals surface area contributed by atoms with E-state index in [1.54, 1.807) is 0 Å². The zero-order valence-corrected chi connectivity index (χ0v) is 12.8. The number of piperidine rings is 1. The molecule has 0 spiro atoms. The summed E-state index contributed by atoms with van der Waals surface area (Å²) >= 11 is 5.88. The Labute approximate surface area is 124 Å². The van der Waals surface area contributed by atoms with E-state index < -0.39 is 0 Å². The van der Waals surface area contributed by atoms with Crippen molar-refractivity contribution in [2.75, 3.05) is 19.6 Å². The molecule has 5 nitrogen and oxygen atoms in total. The molecule has 1 saturated heterocycles. The van der Waals surface area contributed by atoms with Gasteiger partial charge in [0.1, 0.15) is 0 Å². The van der Waals surface area contributed by atoms with Gasteiger partial charge in [0, 0.05) is 18.5 Å². The van der Waals surface area contributed by atoms with Crippen molar-refractivity contribution in [1.29, 1.82) is 0 Å². The molecule has 0 saturated carbocycles. The maximum Gasteiger partial charge on any atom is 0.229 e. The summed E-state index contributed by atoms with van der Waals surface area (Å²) in [7, 11) is 0. The fourth-order valence-corrected chi connectivity index (χ4v) is 2.75. The van der Waals surface area contributed by atoms with Crippen LogP contribution in [0.5, 0.6) is 0 Å². The third-order valence-electron chi connectivity index (χ3n) is 4.06. The molecule has 0 aliphatic carbocycles. The monoisotopic (exact) mass is 299 g/mol. The summed E-state index contributed by atoms with van der Waals surface area (Å²) < 4.78 is 4.88. The summed E-state index contributed by atoms with van der Waals surface area (Å²) in [4.78, 5) is 11.9. The SMILES string of the molecule is Cc1noc(Cl)c1CCC(=O)NCC1(C)CCNCC1. The molecule has 2 heterocycles. The molecule has 0 radical (unpaired) electrons. The van der Waals surface area contributed by atoms with Crippen molar-refractivity contribution in [1.82, 2.24) is 15.8 Å². The van der Waals surface area contributed by atoms with Gasteiger partial charge in [0.2, 0.25) is 11.1 Å². The average Bonchev–Trinajstić information content (AvgIpc) is 2.74. The molecule has 1 aromatic heterocycles. The second-order valence-electron chi connectivity index (χ2n) is 5.86. The van der Waals surface area contributed by atoms with Gasteiger partial charge in [0.25, 0.3) is 0 Å². The van der Waals surface area contributed by atoms with Crippen LogP contribution in [0, 0.1) is 12.3 Å². The van der Waals surface area contributed by atoms with Gasteiger partial charge in [-0.25, -0.2) is 0 Å². The molecule has 0 bridgehead atoms. The number of amides is 1. The van der Waals surface area contributed by atoms with E-state index in [0.29, 0.717) is 18.1 Å². The number of hydrogen-bond donors (Lipinski definition) is 2. The van der Waals surface area contributed by atoms with E-state index in [9.17, 15) is 4.79 Å². The quantitative estimate of drug-likeness (QED) is 0.873. The number of aryl methyl sites for hydroxylation is 1. The van der Waals surface area contributed by atoms with Crippen LogP contribution in [0.2, 0.25) is 5.22 Å². The summed E-state index contributed by atoms with van der Waals surface area (Å²) in [6.45, 7) is 6.86. The predicted octanol–water partition coefficient (Wildman–Crippen LogP) is 2.07. The lowest BCUT2D eigenvalue weighted by molar-refractivity contribution is -0.121. The van der Waals surface area contributed by atoms with Crippen LogP contribution < -0.4 is 10.6 Å². The van der Waals surface area contributed by atoms with E-state index in [4.69, 9.17) is 16.1 Å². The van der Waals surface area contributed by atoms with Gasteiger partial charge in [-0.05, 0) is 56.3 Å². The third-order valence-corrected chi connectivity index (χ3v) is 4.36. The molecule has 6 heteroatoms. The van der Waals surface area contributed by atoms with Gasteiger partial charge in [0.05, 0.1) is 5.69 Å². The number of nitrogens with one attached hydrogen (secondary N) is 2. The normalized spacial score (nSPS) is 17.9. The van der Waals surface area contributed by atoms with Crippen LogP contribution in [-0.4, -0.2) is 30.7 Å². The van der Waals surface area contributed by atoms with Crippen molar-refractivity contribution in [2.24, 2.45) is 5.41 Å². The second kappa shape index (κ2) is 6.59. The van der Waals surface area contributed by atoms with Crippen LogP contribution in [0.4, 0.5) is 0 Å². The van der Waals surface area contributed by atoms with Crippen LogP contribution in [0.25, 0.3) is 0 Å². The highest BCUT2D eigenvalue weighted by molar-refractivity contribution is 6.29. The van der Waals surface area contributed by atoms with E-state index in [1.807, 2.05) is 6.92 Å². The molecular formula is C14H22ClN3O2. The first-order valence-electron chi connectivity index (χ1n) is 7.08. The molecule has 20 heavy (non-hydrogen) atoms. The van der Waals surface area contributed by atoms with Crippen molar-refractivity contribution in [3.05, 3.63) is 16.5 Å². The van der Waals surface area contributed by atoms with Crippen molar-refractivity contribution in [3.63, 3.8) is 0 Å². The molecule has 1 fully saturated rings. The summed E-state index contributed by atoms with van der Waals surface area (Å²) in [5.41, 5.74) is 1.80. The Morgan fingerprint density at radius 1 is 1.50 bits per heavy atom. The molecule has 2 N–H and O–H groups in total. The van der Waals surface area contributed by atoms with Crippen molar-refractivity contribution < 1.29 is 9.32 Å². The van der Waals surface area contributed by atoms with Crippen LogP contribution in [0.3, 0.4) is 0 Å². The molecule has 0 atom stereocenters. The molecule has 0 aromatic carbocycles. The summed E-state index contributed by atoms with van der Waals surface area (Å²) in [6.07, 6.45) is 3.18. The molecular weight excluding hydrogens is 278 g/mol. The molecule has 1 amide bonds. The fraction of sp³-hybridized carbons (Fsp3) is 0.714. The molecule has 1 aromatic rings. The highest BCUT2D eigenvalue weighted by Gasteiger charge is 2.27. The predicted molar refractivity (Wildman–Crippen MR) is 77.8 cm³/mol. The Morgan fingerprint density at radius 3 is 2.80 bits per heavy atom. The lowest BCUT2D eigenvalue weighted by Crippen LogP contribution is -2.42. The first kappa shape index (κ1) is 15.3. The van der Waals surface area contributed by atoms with Crippen molar-refractivity contribution >= 4 is 17.5 Å². The smallest absolute Gasteiger partial charge is 0.229 e. The maximum absolute atomic E-state index is 11.9. The first-order valence-corrected chi connectivity index (χ1v) is 7.46. The summed E-state index contributed by atoms with van der Waals surface area (Å²) in [5, 5.41) is 10.4. The van der Waals surface area contributed by atoms with E-state index >= 15 is 0 Å². The van der Waals surface area contributed by atoms with Gasteiger partial charge in [-0.15, -0.1) is 0 Å². The second-order valence-corrected chi connectivity index (χ2v) is 6.20. The molecule has 1 aliphatic rings. The molecule has 112 valence electrons. The van der Waals surface area contributed by atoms with Gasteiger partial charge >= 0.3 is 0 Å². The number of aromatic nitrogens is 1. The van der Waals surface area contributed by atoms with Crippen molar-refractivity contribution in [2.45, 2.75) is 39.5 Å². The Hall–Kier alpha value is -1.07. The van der Waals surface area contributed by atoms with Gasteiger partial charge in [-0.3, -0.25) is 4.79 Å². The fourth-order valence-electron chi connectivity index (χ4n) is 2.49. The van der Waals surface area contributed by atoms with Crippen LogP contribution in [0.1, 0.15) is 37.4 Å². The maximum atomic E-state index is 11.9. The topological polar surface area (TPSA) is 67.2 Å². The average molecular weight is 300 g/mol. The number of carbonyl (C=O) groups is 1. The van der Waals surface area contributed by atoms with Gasteiger partial charge in [0.15, 0.2) is 0 Å². The number of hydrogen-bond acceptors (Lipinski definition) is 4. The number of carbonyl (C=O) groups excluding carboxylic acids is 1. The zero-order chi connectivity index (χ0) is 14.6. The van der Waals surface area contributed by atoms with Gasteiger partial charge < -0.3 is 15.2 Å². The Kier molecular flexibility index (Phi) is 5.05. The minimum atomic E-state index is 0.0569. The van der Waals surface area contributed by atoms with Crippen LogP contribution in [-0.2, 0) is 11.2 Å². The van der Waals surface area contributed by atoms with Gasteiger partial charge in [-0.2, -0.15) is 0 Å². The van der Waals surface area contributed by atoms with Crippen molar-refractivity contribution in [3.8, 4) is 0 Å².